The number of thiocarbonyl (C=S) groups is 1. The van der Waals surface area contributed by atoms with Crippen molar-refractivity contribution in [3.8, 4) is 0 Å². The molecule has 144 valence electrons. The largest absolute Gasteiger partial charge is 0.480 e. The summed E-state index contributed by atoms with van der Waals surface area (Å²) in [4.78, 5) is 37.7. The van der Waals surface area contributed by atoms with Crippen LogP contribution < -0.4 is 5.32 Å². The van der Waals surface area contributed by atoms with Gasteiger partial charge in [0.05, 0.1) is 4.91 Å². The maximum atomic E-state index is 12.5. The van der Waals surface area contributed by atoms with Crippen LogP contribution in [-0.4, -0.2) is 56.7 Å². The van der Waals surface area contributed by atoms with Gasteiger partial charge in [-0.25, -0.2) is 4.79 Å². The minimum atomic E-state index is -1.06. The number of hydrogen-bond acceptors (Lipinski definition) is 6. The van der Waals surface area contributed by atoms with Gasteiger partial charge in [-0.15, -0.1) is 0 Å². The van der Waals surface area contributed by atoms with Crippen molar-refractivity contribution < 1.29 is 19.5 Å². The predicted molar refractivity (Wildman–Crippen MR) is 114 cm³/mol. The molecule has 6 nitrogen and oxygen atoms in total. The van der Waals surface area contributed by atoms with Crippen LogP contribution in [0, 0.1) is 0 Å². The highest BCUT2D eigenvalue weighted by Crippen LogP contribution is 2.32. The average Bonchev–Trinajstić information content (AvgIpc) is 2.90. The summed E-state index contributed by atoms with van der Waals surface area (Å²) < 4.78 is 0.396. The second-order valence-corrected chi connectivity index (χ2v) is 8.40. The van der Waals surface area contributed by atoms with Gasteiger partial charge in [0.15, 0.2) is 0 Å². The second kappa shape index (κ2) is 10.5. The Labute approximate surface area is 171 Å². The fourth-order valence-electron chi connectivity index (χ4n) is 2.37. The third kappa shape index (κ3) is 6.37. The first-order valence-corrected chi connectivity index (χ1v) is 10.9. The van der Waals surface area contributed by atoms with Gasteiger partial charge in [-0.3, -0.25) is 14.5 Å². The molecule has 0 saturated carbocycles. The molecule has 1 aromatic carbocycles. The van der Waals surface area contributed by atoms with Crippen LogP contribution in [0.25, 0.3) is 6.08 Å². The Hall–Kier alpha value is -1.84. The zero-order chi connectivity index (χ0) is 19.8. The number of nitrogens with zero attached hydrogens (tertiary/aromatic N) is 1. The molecule has 2 amide bonds. The average molecular weight is 425 g/mol. The summed E-state index contributed by atoms with van der Waals surface area (Å²) in [5, 5.41) is 11.7. The first-order valence-electron chi connectivity index (χ1n) is 8.24. The first kappa shape index (κ1) is 21.5. The molecular formula is C18H20N2O4S3. The lowest BCUT2D eigenvalue weighted by Gasteiger charge is -2.17. The monoisotopic (exact) mass is 424 g/mol. The minimum Gasteiger partial charge on any atom is -0.480 e. The van der Waals surface area contributed by atoms with E-state index in [4.69, 9.17) is 17.3 Å². The van der Waals surface area contributed by atoms with Crippen LogP contribution in [0.4, 0.5) is 0 Å². The van der Waals surface area contributed by atoms with E-state index in [-0.39, 0.29) is 18.9 Å². The molecule has 1 aliphatic rings. The van der Waals surface area contributed by atoms with Crippen molar-refractivity contribution in [3.63, 3.8) is 0 Å². The summed E-state index contributed by atoms with van der Waals surface area (Å²) in [6.07, 6.45) is 3.98. The number of carbonyl (C=O) groups excluding carboxylic acids is 2. The smallest absolute Gasteiger partial charge is 0.326 e. The van der Waals surface area contributed by atoms with Crippen LogP contribution in [0.5, 0.6) is 0 Å². The van der Waals surface area contributed by atoms with Crippen LogP contribution in [0.1, 0.15) is 18.4 Å². The van der Waals surface area contributed by atoms with Gasteiger partial charge in [0.1, 0.15) is 10.4 Å². The predicted octanol–water partition coefficient (Wildman–Crippen LogP) is 2.60. The second-order valence-electron chi connectivity index (χ2n) is 5.73. The van der Waals surface area contributed by atoms with Crippen molar-refractivity contribution in [1.82, 2.24) is 10.2 Å². The van der Waals surface area contributed by atoms with E-state index >= 15 is 0 Å². The molecule has 1 aliphatic heterocycles. The number of carboxylic acid groups (broad SMARTS) is 1. The Morgan fingerprint density at radius 3 is 2.70 bits per heavy atom. The summed E-state index contributed by atoms with van der Waals surface area (Å²) in [5.41, 5.74) is 0.897. The molecular weight excluding hydrogens is 404 g/mol. The zero-order valence-corrected chi connectivity index (χ0v) is 17.2. The van der Waals surface area contributed by atoms with E-state index in [1.165, 1.54) is 28.4 Å². The molecule has 1 atom stereocenters. The SMILES string of the molecule is CSCCC(NC(=O)CCN1C(=O)/C(=C/c2ccccc2)SC1=S)C(=O)O. The van der Waals surface area contributed by atoms with Gasteiger partial charge in [0.2, 0.25) is 5.91 Å². The Balaban J connectivity index is 1.92. The molecule has 1 fully saturated rings. The van der Waals surface area contributed by atoms with E-state index < -0.39 is 17.9 Å². The number of carbonyl (C=O) groups is 3. The van der Waals surface area contributed by atoms with Gasteiger partial charge in [0.25, 0.3) is 5.91 Å². The molecule has 9 heteroatoms. The normalized spacial score (nSPS) is 16.6. The summed E-state index contributed by atoms with van der Waals surface area (Å²) >= 11 is 7.96. The summed E-state index contributed by atoms with van der Waals surface area (Å²) in [6.45, 7) is 0.123. The molecule has 1 aromatic rings. The fourth-order valence-corrected chi connectivity index (χ4v) is 4.15. The highest BCUT2D eigenvalue weighted by atomic mass is 32.2. The number of nitrogens with one attached hydrogen (secondary N) is 1. The van der Waals surface area contributed by atoms with Crippen molar-refractivity contribution in [2.24, 2.45) is 0 Å². The lowest BCUT2D eigenvalue weighted by Crippen LogP contribution is -2.42. The lowest BCUT2D eigenvalue weighted by molar-refractivity contribution is -0.142. The molecule has 0 spiro atoms. The Morgan fingerprint density at radius 1 is 1.37 bits per heavy atom. The number of rotatable bonds is 9. The first-order chi connectivity index (χ1) is 12.9. The Kier molecular flexibility index (Phi) is 8.33. The molecule has 0 radical (unpaired) electrons. The number of benzene rings is 1. The van der Waals surface area contributed by atoms with E-state index in [9.17, 15) is 14.4 Å². The molecule has 0 bridgehead atoms. The molecule has 0 aromatic heterocycles. The summed E-state index contributed by atoms with van der Waals surface area (Å²) in [7, 11) is 0. The molecule has 27 heavy (non-hydrogen) atoms. The Morgan fingerprint density at radius 2 is 2.07 bits per heavy atom. The topological polar surface area (TPSA) is 86.7 Å². The molecule has 1 saturated heterocycles. The van der Waals surface area contributed by atoms with Gasteiger partial charge in [-0.2, -0.15) is 11.8 Å². The number of carboxylic acids is 1. The van der Waals surface area contributed by atoms with E-state index in [1.54, 1.807) is 6.08 Å². The van der Waals surface area contributed by atoms with Crippen LogP contribution in [0.3, 0.4) is 0 Å². The van der Waals surface area contributed by atoms with Gasteiger partial charge < -0.3 is 10.4 Å². The van der Waals surface area contributed by atoms with Crippen molar-refractivity contribution >= 4 is 63.9 Å². The number of amides is 2. The number of aliphatic carboxylic acids is 1. The van der Waals surface area contributed by atoms with Gasteiger partial charge in [-0.1, -0.05) is 54.3 Å². The highest BCUT2D eigenvalue weighted by molar-refractivity contribution is 8.26. The van der Waals surface area contributed by atoms with E-state index in [2.05, 4.69) is 5.32 Å². The highest BCUT2D eigenvalue weighted by Gasteiger charge is 2.32. The fraction of sp³-hybridized carbons (Fsp3) is 0.333. The van der Waals surface area contributed by atoms with Crippen LogP contribution in [0.15, 0.2) is 35.2 Å². The van der Waals surface area contributed by atoms with Gasteiger partial charge in [-0.05, 0) is 30.1 Å². The minimum absolute atomic E-state index is 0.00585. The van der Waals surface area contributed by atoms with Crippen LogP contribution in [0.2, 0.25) is 0 Å². The standard InChI is InChI=1S/C18H20N2O4S3/c1-26-10-8-13(17(23)24)19-15(21)7-9-20-16(22)14(27-18(20)25)11-12-5-3-2-4-6-12/h2-6,11,13H,7-10H2,1H3,(H,19,21)(H,23,24)/b14-11-. The number of thioether (sulfide) groups is 2. The van der Waals surface area contributed by atoms with Crippen molar-refractivity contribution in [3.05, 3.63) is 40.8 Å². The molecule has 1 heterocycles. The number of hydrogen-bond donors (Lipinski definition) is 2. The molecule has 2 rings (SSSR count). The van der Waals surface area contributed by atoms with E-state index in [0.29, 0.717) is 21.4 Å². The lowest BCUT2D eigenvalue weighted by atomic mass is 10.2. The zero-order valence-electron chi connectivity index (χ0n) is 14.7. The summed E-state index contributed by atoms with van der Waals surface area (Å²) in [6, 6.07) is 8.51. The quantitative estimate of drug-likeness (QED) is 0.465. The van der Waals surface area contributed by atoms with Crippen molar-refractivity contribution in [2.45, 2.75) is 18.9 Å². The van der Waals surface area contributed by atoms with Gasteiger partial charge >= 0.3 is 5.97 Å². The maximum absolute atomic E-state index is 12.5. The van der Waals surface area contributed by atoms with Crippen LogP contribution >= 0.6 is 35.7 Å². The van der Waals surface area contributed by atoms with Crippen LogP contribution in [-0.2, 0) is 14.4 Å². The van der Waals surface area contributed by atoms with Crippen molar-refractivity contribution in [2.75, 3.05) is 18.6 Å². The van der Waals surface area contributed by atoms with Gasteiger partial charge in [0, 0.05) is 13.0 Å². The molecule has 0 aliphatic carbocycles. The maximum Gasteiger partial charge on any atom is 0.326 e. The summed E-state index contributed by atoms with van der Waals surface area (Å²) in [5.74, 6) is -1.08. The molecule has 1 unspecified atom stereocenters. The van der Waals surface area contributed by atoms with E-state index in [1.807, 2.05) is 36.6 Å². The third-order valence-electron chi connectivity index (χ3n) is 3.78. The van der Waals surface area contributed by atoms with Crippen molar-refractivity contribution in [1.29, 1.82) is 0 Å². The van der Waals surface area contributed by atoms with E-state index in [0.717, 1.165) is 5.56 Å². The molecule has 2 N–H and O–H groups in total. The third-order valence-corrected chi connectivity index (χ3v) is 5.80. The Bertz CT molecular complexity index is 752.